The third kappa shape index (κ3) is 3.04. The summed E-state index contributed by atoms with van der Waals surface area (Å²) >= 11 is 6.11. The first-order valence-electron chi connectivity index (χ1n) is 5.72. The van der Waals surface area contributed by atoms with Crippen molar-refractivity contribution in [1.29, 1.82) is 0 Å². The minimum atomic E-state index is 0.414. The molecule has 1 aromatic heterocycles. The van der Waals surface area contributed by atoms with E-state index in [9.17, 15) is 0 Å². The predicted molar refractivity (Wildman–Crippen MR) is 70.4 cm³/mol. The van der Waals surface area contributed by atoms with Crippen molar-refractivity contribution in [2.45, 2.75) is 26.2 Å². The maximum absolute atomic E-state index is 6.11. The number of hydrogen-bond acceptors (Lipinski definition) is 2. The molecule has 2 nitrogen and oxygen atoms in total. The van der Waals surface area contributed by atoms with Crippen LogP contribution in [0.5, 0.6) is 0 Å². The predicted octanol–water partition coefficient (Wildman–Crippen LogP) is 3.84. The van der Waals surface area contributed by atoms with Crippen molar-refractivity contribution in [2.75, 3.05) is 0 Å². The monoisotopic (exact) mass is 246 g/mol. The number of benzene rings is 1. The van der Waals surface area contributed by atoms with Crippen LogP contribution in [0, 0.1) is 0 Å². The second-order valence-corrected chi connectivity index (χ2v) is 4.78. The number of hydrogen-bond donors (Lipinski definition) is 0. The minimum Gasteiger partial charge on any atom is -0.155 e. The lowest BCUT2D eigenvalue weighted by Gasteiger charge is -2.05. The summed E-state index contributed by atoms with van der Waals surface area (Å²) in [6, 6.07) is 11.9. The summed E-state index contributed by atoms with van der Waals surface area (Å²) in [5.74, 6) is 0.414. The molecule has 0 atom stereocenters. The van der Waals surface area contributed by atoms with Gasteiger partial charge in [-0.3, -0.25) is 0 Å². The zero-order chi connectivity index (χ0) is 12.3. The lowest BCUT2D eigenvalue weighted by atomic mass is 10.1. The summed E-state index contributed by atoms with van der Waals surface area (Å²) < 4.78 is 0. The average Bonchev–Trinajstić information content (AvgIpc) is 2.33. The van der Waals surface area contributed by atoms with E-state index in [0.717, 1.165) is 28.4 Å². The van der Waals surface area contributed by atoms with Crippen LogP contribution in [0.15, 0.2) is 36.4 Å². The van der Waals surface area contributed by atoms with Gasteiger partial charge in [-0.15, -0.1) is 0 Å². The van der Waals surface area contributed by atoms with Crippen LogP contribution in [0.1, 0.15) is 36.7 Å². The Morgan fingerprint density at radius 1 is 1.06 bits per heavy atom. The van der Waals surface area contributed by atoms with Crippen molar-refractivity contribution in [3.63, 3.8) is 0 Å². The standard InChI is InChI=1S/C14H15ClN2/c1-10(2)14-8-7-12(16-17-14)9-11-5-3-4-6-13(11)15/h3-8,10H,9H2,1-2H3. The Labute approximate surface area is 107 Å². The second kappa shape index (κ2) is 5.28. The molecule has 17 heavy (non-hydrogen) atoms. The zero-order valence-electron chi connectivity index (χ0n) is 10.0. The molecule has 0 amide bonds. The van der Waals surface area contributed by atoms with Crippen LogP contribution in [-0.4, -0.2) is 10.2 Å². The van der Waals surface area contributed by atoms with Gasteiger partial charge in [-0.05, 0) is 29.7 Å². The SMILES string of the molecule is CC(C)c1ccc(Cc2ccccc2Cl)nn1. The molecule has 0 unspecified atom stereocenters. The van der Waals surface area contributed by atoms with Gasteiger partial charge in [0.25, 0.3) is 0 Å². The lowest BCUT2D eigenvalue weighted by Crippen LogP contribution is -1.99. The summed E-state index contributed by atoms with van der Waals surface area (Å²) in [6.45, 7) is 4.22. The van der Waals surface area contributed by atoms with Crippen molar-refractivity contribution in [2.24, 2.45) is 0 Å². The van der Waals surface area contributed by atoms with Crippen LogP contribution < -0.4 is 0 Å². The maximum atomic E-state index is 6.11. The lowest BCUT2D eigenvalue weighted by molar-refractivity contribution is 0.771. The second-order valence-electron chi connectivity index (χ2n) is 4.37. The Kier molecular flexibility index (Phi) is 3.75. The molecule has 0 spiro atoms. The highest BCUT2D eigenvalue weighted by Gasteiger charge is 2.04. The van der Waals surface area contributed by atoms with Gasteiger partial charge in [0.15, 0.2) is 0 Å². The van der Waals surface area contributed by atoms with Crippen molar-refractivity contribution in [1.82, 2.24) is 10.2 Å². The molecule has 1 heterocycles. The molecule has 0 bridgehead atoms. The molecule has 0 aliphatic heterocycles. The van der Waals surface area contributed by atoms with Crippen LogP contribution >= 0.6 is 11.6 Å². The zero-order valence-corrected chi connectivity index (χ0v) is 10.8. The van der Waals surface area contributed by atoms with Gasteiger partial charge in [0, 0.05) is 11.4 Å². The van der Waals surface area contributed by atoms with E-state index in [1.165, 1.54) is 0 Å². The van der Waals surface area contributed by atoms with Crippen LogP contribution in [0.3, 0.4) is 0 Å². The molecule has 88 valence electrons. The molecule has 0 radical (unpaired) electrons. The molecule has 1 aromatic carbocycles. The van der Waals surface area contributed by atoms with Gasteiger partial charge in [0.1, 0.15) is 0 Å². The Morgan fingerprint density at radius 3 is 2.41 bits per heavy atom. The van der Waals surface area contributed by atoms with E-state index >= 15 is 0 Å². The summed E-state index contributed by atoms with van der Waals surface area (Å²) in [5, 5.41) is 9.22. The molecule has 0 fully saturated rings. The molecule has 0 aliphatic carbocycles. The normalized spacial score (nSPS) is 10.8. The van der Waals surface area contributed by atoms with Crippen molar-refractivity contribution in [3.05, 3.63) is 58.4 Å². The average molecular weight is 247 g/mol. The number of halogens is 1. The first kappa shape index (κ1) is 12.1. The highest BCUT2D eigenvalue weighted by Crippen LogP contribution is 2.18. The van der Waals surface area contributed by atoms with Gasteiger partial charge in [-0.2, -0.15) is 10.2 Å². The largest absolute Gasteiger partial charge is 0.155 e. The van der Waals surface area contributed by atoms with E-state index in [-0.39, 0.29) is 0 Å². The Balaban J connectivity index is 2.17. The highest BCUT2D eigenvalue weighted by atomic mass is 35.5. The summed E-state index contributed by atoms with van der Waals surface area (Å²) in [4.78, 5) is 0. The molecule has 3 heteroatoms. The van der Waals surface area contributed by atoms with Crippen LogP contribution in [0.4, 0.5) is 0 Å². The minimum absolute atomic E-state index is 0.414. The van der Waals surface area contributed by atoms with Crippen LogP contribution in [0.2, 0.25) is 5.02 Å². The quantitative estimate of drug-likeness (QED) is 0.822. The van der Waals surface area contributed by atoms with E-state index in [1.54, 1.807) is 0 Å². The Hall–Kier alpha value is -1.41. The van der Waals surface area contributed by atoms with E-state index in [1.807, 2.05) is 36.4 Å². The van der Waals surface area contributed by atoms with Gasteiger partial charge >= 0.3 is 0 Å². The fourth-order valence-electron chi connectivity index (χ4n) is 1.61. The fraction of sp³-hybridized carbons (Fsp3) is 0.286. The van der Waals surface area contributed by atoms with Crippen molar-refractivity contribution in [3.8, 4) is 0 Å². The summed E-state index contributed by atoms with van der Waals surface area (Å²) in [5.41, 5.74) is 3.05. The van der Waals surface area contributed by atoms with Gasteiger partial charge < -0.3 is 0 Å². The molecule has 2 rings (SSSR count). The van der Waals surface area contributed by atoms with Crippen molar-refractivity contribution >= 4 is 11.6 Å². The van der Waals surface area contributed by atoms with E-state index in [2.05, 4.69) is 24.0 Å². The Bertz CT molecular complexity index is 492. The van der Waals surface area contributed by atoms with E-state index in [0.29, 0.717) is 5.92 Å². The molecule has 0 saturated carbocycles. The topological polar surface area (TPSA) is 25.8 Å². The molecule has 0 aliphatic rings. The first-order valence-corrected chi connectivity index (χ1v) is 6.10. The molecule has 0 N–H and O–H groups in total. The third-order valence-corrected chi connectivity index (χ3v) is 3.03. The molecule has 2 aromatic rings. The fourth-order valence-corrected chi connectivity index (χ4v) is 1.81. The smallest absolute Gasteiger partial charge is 0.0675 e. The van der Waals surface area contributed by atoms with Gasteiger partial charge in [-0.25, -0.2) is 0 Å². The van der Waals surface area contributed by atoms with Crippen LogP contribution in [-0.2, 0) is 6.42 Å². The van der Waals surface area contributed by atoms with Gasteiger partial charge in [0.2, 0.25) is 0 Å². The maximum Gasteiger partial charge on any atom is 0.0675 e. The number of nitrogens with zero attached hydrogens (tertiary/aromatic N) is 2. The molecule has 0 saturated heterocycles. The number of aromatic nitrogens is 2. The third-order valence-electron chi connectivity index (χ3n) is 2.66. The summed E-state index contributed by atoms with van der Waals surface area (Å²) in [7, 11) is 0. The Morgan fingerprint density at radius 2 is 1.82 bits per heavy atom. The molecular formula is C14H15ClN2. The van der Waals surface area contributed by atoms with Crippen LogP contribution in [0.25, 0.3) is 0 Å². The first-order chi connectivity index (χ1) is 8.16. The molecular weight excluding hydrogens is 232 g/mol. The van der Waals surface area contributed by atoms with Gasteiger partial charge in [0.05, 0.1) is 11.4 Å². The highest BCUT2D eigenvalue weighted by molar-refractivity contribution is 6.31. The van der Waals surface area contributed by atoms with Crippen molar-refractivity contribution < 1.29 is 0 Å². The van der Waals surface area contributed by atoms with E-state index < -0.39 is 0 Å². The van der Waals surface area contributed by atoms with Gasteiger partial charge in [-0.1, -0.05) is 43.6 Å². The number of rotatable bonds is 3. The summed E-state index contributed by atoms with van der Waals surface area (Å²) in [6.07, 6.45) is 0.727. The van der Waals surface area contributed by atoms with E-state index in [4.69, 9.17) is 11.6 Å².